The van der Waals surface area contributed by atoms with Crippen LogP contribution in [0.15, 0.2) is 176 Å². The van der Waals surface area contributed by atoms with Crippen LogP contribution >= 0.6 is 0 Å². The molecule has 9 aromatic rings. The van der Waals surface area contributed by atoms with Crippen molar-refractivity contribution in [1.82, 2.24) is 14.5 Å². The molecule has 3 nitrogen and oxygen atoms in total. The van der Waals surface area contributed by atoms with Crippen molar-refractivity contribution >= 4 is 32.7 Å². The molecular weight excluding hydrogens is 571 g/mol. The summed E-state index contributed by atoms with van der Waals surface area (Å²) in [5.74, 6) is 0. The molecule has 0 N–H and O–H groups in total. The van der Waals surface area contributed by atoms with Crippen molar-refractivity contribution in [2.75, 3.05) is 0 Å². The summed E-state index contributed by atoms with van der Waals surface area (Å²) in [7, 11) is 0. The molecule has 3 heterocycles. The molecule has 0 bridgehead atoms. The van der Waals surface area contributed by atoms with Gasteiger partial charge in [0.15, 0.2) is 0 Å². The van der Waals surface area contributed by atoms with Crippen molar-refractivity contribution in [1.29, 1.82) is 0 Å². The molecule has 3 aromatic heterocycles. The average molecular weight is 600 g/mol. The Morgan fingerprint density at radius 3 is 1.70 bits per heavy atom. The SMILES string of the molecule is c1ccc(-c2cc(-c3ccccc3)nc(-c3cccc(-n4c5ccccc5c5c(-c6ccccc6)nc6ccccc6c54)c3)c2)cc1. The van der Waals surface area contributed by atoms with Gasteiger partial charge in [0.1, 0.15) is 0 Å². The maximum atomic E-state index is 5.25. The molecule has 0 aliphatic carbocycles. The second-order valence-electron chi connectivity index (χ2n) is 11.8. The van der Waals surface area contributed by atoms with Crippen molar-refractivity contribution in [2.24, 2.45) is 0 Å². The zero-order valence-corrected chi connectivity index (χ0v) is 25.6. The van der Waals surface area contributed by atoms with E-state index < -0.39 is 0 Å². The number of fused-ring (bicyclic) bond motifs is 5. The Hall–Kier alpha value is -6.32. The number of hydrogen-bond donors (Lipinski definition) is 0. The molecular formula is C44H29N3. The van der Waals surface area contributed by atoms with Crippen LogP contribution in [0.4, 0.5) is 0 Å². The van der Waals surface area contributed by atoms with Crippen LogP contribution in [0.5, 0.6) is 0 Å². The molecule has 220 valence electrons. The third-order valence-corrected chi connectivity index (χ3v) is 8.95. The van der Waals surface area contributed by atoms with Crippen LogP contribution < -0.4 is 0 Å². The second-order valence-corrected chi connectivity index (χ2v) is 11.8. The zero-order chi connectivity index (χ0) is 31.2. The highest BCUT2D eigenvalue weighted by Gasteiger charge is 2.20. The predicted octanol–water partition coefficient (Wildman–Crippen LogP) is 11.4. The minimum Gasteiger partial charge on any atom is -0.308 e. The van der Waals surface area contributed by atoms with Crippen LogP contribution in [0.25, 0.3) is 83.3 Å². The maximum Gasteiger partial charge on any atom is 0.0809 e. The van der Waals surface area contributed by atoms with Crippen LogP contribution in [0, 0.1) is 0 Å². The van der Waals surface area contributed by atoms with Crippen LogP contribution in [-0.4, -0.2) is 14.5 Å². The molecule has 0 aliphatic heterocycles. The van der Waals surface area contributed by atoms with Crippen LogP contribution in [0.2, 0.25) is 0 Å². The highest BCUT2D eigenvalue weighted by Crippen LogP contribution is 2.41. The molecule has 0 saturated carbocycles. The van der Waals surface area contributed by atoms with Crippen molar-refractivity contribution in [3.63, 3.8) is 0 Å². The molecule has 0 aliphatic rings. The van der Waals surface area contributed by atoms with E-state index in [1.54, 1.807) is 0 Å². The lowest BCUT2D eigenvalue weighted by molar-refractivity contribution is 1.18. The fourth-order valence-electron chi connectivity index (χ4n) is 6.79. The molecule has 0 radical (unpaired) electrons. The number of pyridine rings is 2. The van der Waals surface area contributed by atoms with Gasteiger partial charge in [-0.3, -0.25) is 0 Å². The molecule has 0 unspecified atom stereocenters. The Labute approximate surface area is 273 Å². The van der Waals surface area contributed by atoms with Gasteiger partial charge in [0.05, 0.1) is 33.6 Å². The Morgan fingerprint density at radius 1 is 0.383 bits per heavy atom. The van der Waals surface area contributed by atoms with E-state index in [4.69, 9.17) is 9.97 Å². The molecule has 6 aromatic carbocycles. The molecule has 0 atom stereocenters. The van der Waals surface area contributed by atoms with Gasteiger partial charge in [-0.15, -0.1) is 0 Å². The van der Waals surface area contributed by atoms with E-state index in [0.29, 0.717) is 0 Å². The van der Waals surface area contributed by atoms with Crippen LogP contribution in [0.3, 0.4) is 0 Å². The number of para-hydroxylation sites is 2. The minimum atomic E-state index is 0.935. The monoisotopic (exact) mass is 599 g/mol. The van der Waals surface area contributed by atoms with Gasteiger partial charge >= 0.3 is 0 Å². The van der Waals surface area contributed by atoms with E-state index >= 15 is 0 Å². The third-order valence-electron chi connectivity index (χ3n) is 8.95. The first kappa shape index (κ1) is 27.0. The minimum absolute atomic E-state index is 0.935. The van der Waals surface area contributed by atoms with Crippen molar-refractivity contribution in [3.05, 3.63) is 176 Å². The highest BCUT2D eigenvalue weighted by molar-refractivity contribution is 6.22. The average Bonchev–Trinajstić information content (AvgIpc) is 3.51. The number of nitrogens with zero attached hydrogens (tertiary/aromatic N) is 3. The fraction of sp³-hybridized carbons (Fsp3) is 0. The predicted molar refractivity (Wildman–Crippen MR) is 196 cm³/mol. The van der Waals surface area contributed by atoms with Crippen LogP contribution in [-0.2, 0) is 0 Å². The summed E-state index contributed by atoms with van der Waals surface area (Å²) in [6, 6.07) is 61.8. The lowest BCUT2D eigenvalue weighted by Crippen LogP contribution is -1.97. The highest BCUT2D eigenvalue weighted by atomic mass is 15.0. The van der Waals surface area contributed by atoms with Crippen molar-refractivity contribution < 1.29 is 0 Å². The molecule has 3 heteroatoms. The van der Waals surface area contributed by atoms with Gasteiger partial charge in [0.2, 0.25) is 0 Å². The largest absolute Gasteiger partial charge is 0.308 e. The molecule has 0 saturated heterocycles. The Kier molecular flexibility index (Phi) is 6.46. The molecule has 0 fully saturated rings. The summed E-state index contributed by atoms with van der Waals surface area (Å²) < 4.78 is 2.41. The van der Waals surface area contributed by atoms with E-state index in [-0.39, 0.29) is 0 Å². The van der Waals surface area contributed by atoms with Gasteiger partial charge in [-0.2, -0.15) is 0 Å². The molecule has 9 rings (SSSR count). The number of hydrogen-bond acceptors (Lipinski definition) is 2. The Morgan fingerprint density at radius 2 is 0.957 bits per heavy atom. The zero-order valence-electron chi connectivity index (χ0n) is 25.6. The van der Waals surface area contributed by atoms with Gasteiger partial charge in [0, 0.05) is 38.5 Å². The van der Waals surface area contributed by atoms with E-state index in [1.807, 2.05) is 6.07 Å². The molecule has 47 heavy (non-hydrogen) atoms. The van der Waals surface area contributed by atoms with Gasteiger partial charge in [-0.05, 0) is 47.5 Å². The first-order valence-corrected chi connectivity index (χ1v) is 15.9. The normalized spacial score (nSPS) is 11.4. The third kappa shape index (κ3) is 4.68. The smallest absolute Gasteiger partial charge is 0.0809 e. The van der Waals surface area contributed by atoms with Crippen molar-refractivity contribution in [3.8, 4) is 50.6 Å². The lowest BCUT2D eigenvalue weighted by Gasteiger charge is -2.14. The Balaban J connectivity index is 1.32. The summed E-state index contributed by atoms with van der Waals surface area (Å²) >= 11 is 0. The fourth-order valence-corrected chi connectivity index (χ4v) is 6.79. The van der Waals surface area contributed by atoms with Crippen LogP contribution in [0.1, 0.15) is 0 Å². The Bertz CT molecular complexity index is 2490. The summed E-state index contributed by atoms with van der Waals surface area (Å²) in [5.41, 5.74) is 12.8. The van der Waals surface area contributed by atoms with Crippen molar-refractivity contribution in [2.45, 2.75) is 0 Å². The molecule has 0 spiro atoms. The number of aromatic nitrogens is 3. The maximum absolute atomic E-state index is 5.25. The topological polar surface area (TPSA) is 30.7 Å². The van der Waals surface area contributed by atoms with Gasteiger partial charge < -0.3 is 4.57 Å². The summed E-state index contributed by atoms with van der Waals surface area (Å²) in [4.78, 5) is 10.5. The summed E-state index contributed by atoms with van der Waals surface area (Å²) in [6.07, 6.45) is 0. The first-order chi connectivity index (χ1) is 23.3. The number of benzene rings is 6. The number of rotatable bonds is 5. The van der Waals surface area contributed by atoms with Gasteiger partial charge in [0.25, 0.3) is 0 Å². The summed E-state index contributed by atoms with van der Waals surface area (Å²) in [6.45, 7) is 0. The van der Waals surface area contributed by atoms with E-state index in [9.17, 15) is 0 Å². The molecule has 0 amide bonds. The second kappa shape index (κ2) is 11.2. The van der Waals surface area contributed by atoms with Gasteiger partial charge in [-0.25, -0.2) is 9.97 Å². The standard InChI is InChI=1S/C44H29N3/c1-4-15-30(16-5-1)34-28-39(31-17-6-2-7-18-31)45-40(29-34)33-21-14-22-35(27-33)47-41-26-13-11-24-37(41)42-43(32-19-8-3-9-20-32)46-38-25-12-10-23-36(38)44(42)47/h1-29H. The first-order valence-electron chi connectivity index (χ1n) is 15.9. The summed E-state index contributed by atoms with van der Waals surface area (Å²) in [5, 5.41) is 3.46. The lowest BCUT2D eigenvalue weighted by atomic mass is 10.00. The van der Waals surface area contributed by atoms with E-state index in [1.165, 1.54) is 10.9 Å². The van der Waals surface area contributed by atoms with Gasteiger partial charge in [-0.1, -0.05) is 140 Å². The van der Waals surface area contributed by atoms with E-state index in [0.717, 1.165) is 72.3 Å². The quantitative estimate of drug-likeness (QED) is 0.197. The van der Waals surface area contributed by atoms with E-state index in [2.05, 4.69) is 174 Å².